The second kappa shape index (κ2) is 10.9. The molecule has 3 rings (SSSR count). The van der Waals surface area contributed by atoms with Gasteiger partial charge in [0.1, 0.15) is 0 Å². The second-order valence-corrected chi connectivity index (χ2v) is 8.37. The SMILES string of the molecule is C=CCN1CCC(NC(=NC)NCc2c(Cl)cccc2N2CCN(C)CC2)CC1. The lowest BCUT2D eigenvalue weighted by atomic mass is 10.1. The number of likely N-dealkylation sites (N-methyl/N-ethyl adjacent to an activating group) is 1. The molecule has 6 nitrogen and oxygen atoms in total. The van der Waals surface area contributed by atoms with E-state index in [2.05, 4.69) is 50.0 Å². The topological polar surface area (TPSA) is 46.1 Å². The fraction of sp³-hybridized carbons (Fsp3) is 0.591. The molecule has 29 heavy (non-hydrogen) atoms. The lowest BCUT2D eigenvalue weighted by molar-refractivity contribution is 0.225. The van der Waals surface area contributed by atoms with E-state index in [4.69, 9.17) is 11.6 Å². The molecule has 0 amide bonds. The van der Waals surface area contributed by atoms with Crippen LogP contribution in [0.15, 0.2) is 35.8 Å². The number of hydrogen-bond donors (Lipinski definition) is 2. The number of likely N-dealkylation sites (tertiary alicyclic amines) is 1. The molecule has 0 aromatic heterocycles. The number of aliphatic imine (C=N–C) groups is 1. The predicted octanol–water partition coefficient (Wildman–Crippen LogP) is 2.41. The van der Waals surface area contributed by atoms with Crippen molar-refractivity contribution >= 4 is 23.2 Å². The molecule has 1 aromatic carbocycles. The summed E-state index contributed by atoms with van der Waals surface area (Å²) in [5.74, 6) is 0.844. The molecule has 2 saturated heterocycles. The number of halogens is 1. The summed E-state index contributed by atoms with van der Waals surface area (Å²) in [7, 11) is 4.01. The molecule has 0 spiro atoms. The van der Waals surface area contributed by atoms with Gasteiger partial charge in [0, 0.05) is 81.7 Å². The molecule has 2 aliphatic heterocycles. The Bertz CT molecular complexity index is 691. The number of guanidine groups is 1. The Hall–Kier alpha value is -1.76. The monoisotopic (exact) mass is 418 g/mol. The van der Waals surface area contributed by atoms with E-state index in [9.17, 15) is 0 Å². The van der Waals surface area contributed by atoms with Crippen LogP contribution < -0.4 is 15.5 Å². The highest BCUT2D eigenvalue weighted by Crippen LogP contribution is 2.28. The van der Waals surface area contributed by atoms with Gasteiger partial charge in [0.15, 0.2) is 5.96 Å². The van der Waals surface area contributed by atoms with Crippen molar-refractivity contribution in [2.45, 2.75) is 25.4 Å². The van der Waals surface area contributed by atoms with Crippen molar-refractivity contribution in [1.82, 2.24) is 20.4 Å². The van der Waals surface area contributed by atoms with Gasteiger partial charge in [-0.3, -0.25) is 9.89 Å². The van der Waals surface area contributed by atoms with E-state index in [1.807, 2.05) is 25.3 Å². The number of anilines is 1. The number of piperazine rings is 1. The van der Waals surface area contributed by atoms with Crippen molar-refractivity contribution < 1.29 is 0 Å². The summed E-state index contributed by atoms with van der Waals surface area (Å²) in [5.41, 5.74) is 2.37. The summed E-state index contributed by atoms with van der Waals surface area (Å²) in [6, 6.07) is 6.65. The summed E-state index contributed by atoms with van der Waals surface area (Å²) in [5, 5.41) is 7.88. The molecule has 2 N–H and O–H groups in total. The highest BCUT2D eigenvalue weighted by molar-refractivity contribution is 6.31. The van der Waals surface area contributed by atoms with Gasteiger partial charge in [0.2, 0.25) is 0 Å². The molecule has 160 valence electrons. The van der Waals surface area contributed by atoms with Crippen LogP contribution in [0.3, 0.4) is 0 Å². The zero-order valence-electron chi connectivity index (χ0n) is 17.8. The van der Waals surface area contributed by atoms with Gasteiger partial charge in [0.25, 0.3) is 0 Å². The minimum absolute atomic E-state index is 0.450. The zero-order chi connectivity index (χ0) is 20.6. The van der Waals surface area contributed by atoms with Gasteiger partial charge in [-0.1, -0.05) is 23.7 Å². The van der Waals surface area contributed by atoms with E-state index in [0.29, 0.717) is 12.6 Å². The van der Waals surface area contributed by atoms with E-state index in [-0.39, 0.29) is 0 Å². The van der Waals surface area contributed by atoms with Crippen molar-refractivity contribution in [2.75, 3.05) is 64.8 Å². The van der Waals surface area contributed by atoms with E-state index in [1.54, 1.807) is 0 Å². The molecule has 7 heteroatoms. The fourth-order valence-electron chi connectivity index (χ4n) is 4.07. The van der Waals surface area contributed by atoms with Gasteiger partial charge in [0.05, 0.1) is 0 Å². The van der Waals surface area contributed by atoms with Crippen LogP contribution in [0.2, 0.25) is 5.02 Å². The number of piperidine rings is 1. The normalized spacial score (nSPS) is 20.0. The smallest absolute Gasteiger partial charge is 0.191 e. The van der Waals surface area contributed by atoms with Crippen molar-refractivity contribution in [3.63, 3.8) is 0 Å². The maximum Gasteiger partial charge on any atom is 0.191 e. The zero-order valence-corrected chi connectivity index (χ0v) is 18.6. The molecular formula is C22H35ClN6. The molecule has 2 fully saturated rings. The van der Waals surface area contributed by atoms with Gasteiger partial charge in [-0.25, -0.2) is 0 Å². The average molecular weight is 419 g/mol. The van der Waals surface area contributed by atoms with Crippen LogP contribution in [0.25, 0.3) is 0 Å². The van der Waals surface area contributed by atoms with Crippen LogP contribution in [-0.2, 0) is 6.54 Å². The molecule has 0 saturated carbocycles. The van der Waals surface area contributed by atoms with Crippen molar-refractivity contribution in [2.24, 2.45) is 4.99 Å². The number of benzene rings is 1. The summed E-state index contributed by atoms with van der Waals surface area (Å²) >= 11 is 6.59. The molecule has 0 atom stereocenters. The van der Waals surface area contributed by atoms with Crippen LogP contribution >= 0.6 is 11.6 Å². The summed E-state index contributed by atoms with van der Waals surface area (Å²) < 4.78 is 0. The predicted molar refractivity (Wildman–Crippen MR) is 124 cm³/mol. The Morgan fingerprint density at radius 2 is 1.93 bits per heavy atom. The Labute approximate surface area is 180 Å². The lowest BCUT2D eigenvalue weighted by Crippen LogP contribution is -2.48. The maximum absolute atomic E-state index is 6.59. The highest BCUT2D eigenvalue weighted by atomic mass is 35.5. The van der Waals surface area contributed by atoms with E-state index in [1.165, 1.54) is 5.69 Å². The van der Waals surface area contributed by atoms with Crippen molar-refractivity contribution in [1.29, 1.82) is 0 Å². The fourth-order valence-corrected chi connectivity index (χ4v) is 4.30. The number of nitrogens with zero attached hydrogens (tertiary/aromatic N) is 4. The molecular weight excluding hydrogens is 384 g/mol. The quantitative estimate of drug-likeness (QED) is 0.422. The van der Waals surface area contributed by atoms with Crippen LogP contribution in [0.5, 0.6) is 0 Å². The van der Waals surface area contributed by atoms with E-state index >= 15 is 0 Å². The van der Waals surface area contributed by atoms with Gasteiger partial charge in [-0.15, -0.1) is 6.58 Å². The molecule has 0 unspecified atom stereocenters. The third-order valence-corrected chi connectivity index (χ3v) is 6.26. The first-order chi connectivity index (χ1) is 14.1. The van der Waals surface area contributed by atoms with Gasteiger partial charge >= 0.3 is 0 Å². The molecule has 1 aromatic rings. The van der Waals surface area contributed by atoms with Crippen molar-refractivity contribution in [3.8, 4) is 0 Å². The van der Waals surface area contributed by atoms with Gasteiger partial charge in [-0.05, 0) is 32.0 Å². The molecule has 0 aliphatic carbocycles. The second-order valence-electron chi connectivity index (χ2n) is 7.96. The number of rotatable bonds is 6. The Morgan fingerprint density at radius 1 is 1.21 bits per heavy atom. The summed E-state index contributed by atoms with van der Waals surface area (Å²) in [6.07, 6.45) is 4.22. The first kappa shape index (κ1) is 21.9. The Balaban J connectivity index is 1.58. The molecule has 0 radical (unpaired) electrons. The maximum atomic E-state index is 6.59. The van der Waals surface area contributed by atoms with Crippen LogP contribution in [0, 0.1) is 0 Å². The Kier molecular flexibility index (Phi) is 8.21. The van der Waals surface area contributed by atoms with E-state index < -0.39 is 0 Å². The van der Waals surface area contributed by atoms with Crippen LogP contribution in [0.4, 0.5) is 5.69 Å². The minimum atomic E-state index is 0.450. The van der Waals surface area contributed by atoms with Crippen molar-refractivity contribution in [3.05, 3.63) is 41.4 Å². The van der Waals surface area contributed by atoms with Crippen LogP contribution in [0.1, 0.15) is 18.4 Å². The lowest BCUT2D eigenvalue weighted by Gasteiger charge is -2.35. The summed E-state index contributed by atoms with van der Waals surface area (Å²) in [6.45, 7) is 11.9. The standard InChI is InChI=1S/C22H35ClN6/c1-4-10-28-11-8-18(9-12-28)26-22(24-2)25-17-19-20(23)6-5-7-21(19)29-15-13-27(3)14-16-29/h4-7,18H,1,8-17H2,2-3H3,(H2,24,25,26). The number of hydrogen-bond acceptors (Lipinski definition) is 4. The first-order valence-electron chi connectivity index (χ1n) is 10.6. The average Bonchev–Trinajstić information content (AvgIpc) is 2.74. The molecule has 2 aliphatic rings. The Morgan fingerprint density at radius 3 is 2.59 bits per heavy atom. The highest BCUT2D eigenvalue weighted by Gasteiger charge is 2.21. The third kappa shape index (κ3) is 6.11. The molecule has 2 heterocycles. The first-order valence-corrected chi connectivity index (χ1v) is 11.0. The van der Waals surface area contributed by atoms with E-state index in [0.717, 1.165) is 75.2 Å². The molecule has 0 bridgehead atoms. The summed E-state index contributed by atoms with van der Waals surface area (Å²) in [4.78, 5) is 11.7. The van der Waals surface area contributed by atoms with Gasteiger partial charge in [-0.2, -0.15) is 0 Å². The largest absolute Gasteiger partial charge is 0.369 e. The third-order valence-electron chi connectivity index (χ3n) is 5.91. The van der Waals surface area contributed by atoms with Gasteiger partial charge < -0.3 is 20.4 Å². The van der Waals surface area contributed by atoms with Crippen LogP contribution in [-0.4, -0.2) is 81.7 Å². The number of nitrogens with one attached hydrogen (secondary N) is 2. The minimum Gasteiger partial charge on any atom is -0.369 e.